The molecule has 96 valence electrons. The summed E-state index contributed by atoms with van der Waals surface area (Å²) in [7, 11) is 2.23. The first kappa shape index (κ1) is 13.9. The van der Waals surface area contributed by atoms with E-state index in [1.165, 1.54) is 12.8 Å². The van der Waals surface area contributed by atoms with Crippen LogP contribution in [0, 0.1) is 5.92 Å². The standard InChI is InChI=1S/C13H28N2O/c1-11(2)9-14-7-5-12(3)15(4)13-6-8-16-10-13/h11-14H,5-10H2,1-4H3. The molecule has 2 unspecified atom stereocenters. The van der Waals surface area contributed by atoms with E-state index in [0.29, 0.717) is 12.1 Å². The molecule has 1 rings (SSSR count). The molecule has 2 atom stereocenters. The summed E-state index contributed by atoms with van der Waals surface area (Å²) in [4.78, 5) is 2.48. The van der Waals surface area contributed by atoms with Gasteiger partial charge in [-0.05, 0) is 45.8 Å². The molecule has 0 radical (unpaired) electrons. The Bertz CT molecular complexity index is 179. The van der Waals surface area contributed by atoms with E-state index in [4.69, 9.17) is 4.74 Å². The van der Waals surface area contributed by atoms with E-state index in [0.717, 1.165) is 32.2 Å². The summed E-state index contributed by atoms with van der Waals surface area (Å²) in [6, 6.07) is 1.28. The van der Waals surface area contributed by atoms with E-state index >= 15 is 0 Å². The molecule has 0 aromatic carbocycles. The Labute approximate surface area is 101 Å². The molecule has 0 aromatic rings. The van der Waals surface area contributed by atoms with E-state index in [1.807, 2.05) is 0 Å². The molecule has 0 amide bonds. The first-order chi connectivity index (χ1) is 7.61. The fourth-order valence-electron chi connectivity index (χ4n) is 2.11. The highest BCUT2D eigenvalue weighted by Crippen LogP contribution is 2.14. The molecule has 16 heavy (non-hydrogen) atoms. The summed E-state index contributed by atoms with van der Waals surface area (Å²) in [6.45, 7) is 10.9. The van der Waals surface area contributed by atoms with Crippen molar-refractivity contribution >= 4 is 0 Å². The fraction of sp³-hybridized carbons (Fsp3) is 1.00. The lowest BCUT2D eigenvalue weighted by molar-refractivity contribution is 0.134. The van der Waals surface area contributed by atoms with Gasteiger partial charge in [-0.1, -0.05) is 13.8 Å². The number of likely N-dealkylation sites (N-methyl/N-ethyl adjacent to an activating group) is 1. The lowest BCUT2D eigenvalue weighted by Crippen LogP contribution is -2.40. The zero-order valence-electron chi connectivity index (χ0n) is 11.3. The highest BCUT2D eigenvalue weighted by Gasteiger charge is 2.23. The molecular weight excluding hydrogens is 200 g/mol. The highest BCUT2D eigenvalue weighted by atomic mass is 16.5. The molecule has 0 spiro atoms. The first-order valence-electron chi connectivity index (χ1n) is 6.61. The second-order valence-electron chi connectivity index (χ2n) is 5.42. The third-order valence-corrected chi connectivity index (χ3v) is 3.47. The number of nitrogens with zero attached hydrogens (tertiary/aromatic N) is 1. The maximum absolute atomic E-state index is 5.43. The normalized spacial score (nSPS) is 23.2. The van der Waals surface area contributed by atoms with Gasteiger partial charge in [0.1, 0.15) is 0 Å². The molecular formula is C13H28N2O. The van der Waals surface area contributed by atoms with Crippen LogP contribution in [-0.4, -0.2) is 50.3 Å². The predicted octanol–water partition coefficient (Wildman–Crippen LogP) is 1.73. The van der Waals surface area contributed by atoms with Crippen LogP contribution in [0.2, 0.25) is 0 Å². The first-order valence-corrected chi connectivity index (χ1v) is 6.61. The summed E-state index contributed by atoms with van der Waals surface area (Å²) < 4.78 is 5.43. The molecule has 1 N–H and O–H groups in total. The van der Waals surface area contributed by atoms with Gasteiger partial charge >= 0.3 is 0 Å². The molecule has 0 saturated carbocycles. The van der Waals surface area contributed by atoms with Gasteiger partial charge in [0.05, 0.1) is 6.61 Å². The van der Waals surface area contributed by atoms with Crippen molar-refractivity contribution in [2.75, 3.05) is 33.4 Å². The average molecular weight is 228 g/mol. The van der Waals surface area contributed by atoms with Crippen LogP contribution >= 0.6 is 0 Å². The van der Waals surface area contributed by atoms with Crippen LogP contribution in [0.3, 0.4) is 0 Å². The van der Waals surface area contributed by atoms with Crippen LogP contribution in [0.5, 0.6) is 0 Å². The zero-order valence-corrected chi connectivity index (χ0v) is 11.3. The molecule has 3 nitrogen and oxygen atoms in total. The molecule has 3 heteroatoms. The van der Waals surface area contributed by atoms with Gasteiger partial charge in [0.15, 0.2) is 0 Å². The Balaban J connectivity index is 2.10. The largest absolute Gasteiger partial charge is 0.380 e. The quantitative estimate of drug-likeness (QED) is 0.672. The fourth-order valence-corrected chi connectivity index (χ4v) is 2.11. The van der Waals surface area contributed by atoms with E-state index < -0.39 is 0 Å². The van der Waals surface area contributed by atoms with Gasteiger partial charge in [-0.2, -0.15) is 0 Å². The number of ether oxygens (including phenoxy) is 1. The van der Waals surface area contributed by atoms with Gasteiger partial charge in [-0.25, -0.2) is 0 Å². The third-order valence-electron chi connectivity index (χ3n) is 3.47. The Morgan fingerprint density at radius 1 is 1.38 bits per heavy atom. The minimum Gasteiger partial charge on any atom is -0.380 e. The monoisotopic (exact) mass is 228 g/mol. The molecule has 0 bridgehead atoms. The van der Waals surface area contributed by atoms with Crippen LogP contribution in [0.4, 0.5) is 0 Å². The minimum atomic E-state index is 0.639. The van der Waals surface area contributed by atoms with Crippen LogP contribution in [0.1, 0.15) is 33.6 Å². The van der Waals surface area contributed by atoms with Crippen LogP contribution in [0.15, 0.2) is 0 Å². The van der Waals surface area contributed by atoms with E-state index in [-0.39, 0.29) is 0 Å². The third kappa shape index (κ3) is 4.81. The Morgan fingerprint density at radius 2 is 2.12 bits per heavy atom. The van der Waals surface area contributed by atoms with Gasteiger partial charge in [-0.15, -0.1) is 0 Å². The SMILES string of the molecule is CC(C)CNCCC(C)N(C)C1CCOC1. The van der Waals surface area contributed by atoms with E-state index in [1.54, 1.807) is 0 Å². The highest BCUT2D eigenvalue weighted by molar-refractivity contribution is 4.77. The van der Waals surface area contributed by atoms with Gasteiger partial charge in [0.25, 0.3) is 0 Å². The van der Waals surface area contributed by atoms with Gasteiger partial charge in [0.2, 0.25) is 0 Å². The average Bonchev–Trinajstić information content (AvgIpc) is 2.76. The zero-order chi connectivity index (χ0) is 12.0. The van der Waals surface area contributed by atoms with E-state index in [9.17, 15) is 0 Å². The van der Waals surface area contributed by atoms with Crippen LogP contribution in [-0.2, 0) is 4.74 Å². The second kappa shape index (κ2) is 7.25. The Morgan fingerprint density at radius 3 is 2.69 bits per heavy atom. The van der Waals surface area contributed by atoms with Crippen molar-refractivity contribution in [1.82, 2.24) is 10.2 Å². The number of rotatable bonds is 7. The smallest absolute Gasteiger partial charge is 0.0622 e. The van der Waals surface area contributed by atoms with Crippen LogP contribution in [0.25, 0.3) is 0 Å². The van der Waals surface area contributed by atoms with Crippen molar-refractivity contribution in [3.63, 3.8) is 0 Å². The van der Waals surface area contributed by atoms with Crippen molar-refractivity contribution < 1.29 is 4.74 Å². The summed E-state index contributed by atoms with van der Waals surface area (Å²) in [5.41, 5.74) is 0. The Kier molecular flexibility index (Phi) is 6.32. The van der Waals surface area contributed by atoms with Crippen molar-refractivity contribution in [2.24, 2.45) is 5.92 Å². The summed E-state index contributed by atoms with van der Waals surface area (Å²) in [5, 5.41) is 3.50. The van der Waals surface area contributed by atoms with Crippen molar-refractivity contribution in [2.45, 2.75) is 45.7 Å². The summed E-state index contributed by atoms with van der Waals surface area (Å²) in [6.07, 6.45) is 2.42. The molecule has 1 aliphatic heterocycles. The predicted molar refractivity (Wildman–Crippen MR) is 68.8 cm³/mol. The number of nitrogens with one attached hydrogen (secondary N) is 1. The van der Waals surface area contributed by atoms with E-state index in [2.05, 4.69) is 38.0 Å². The van der Waals surface area contributed by atoms with Gasteiger partial charge in [-0.3, -0.25) is 4.90 Å². The molecule has 1 fully saturated rings. The topological polar surface area (TPSA) is 24.5 Å². The van der Waals surface area contributed by atoms with Gasteiger partial charge in [0, 0.05) is 18.7 Å². The van der Waals surface area contributed by atoms with Crippen molar-refractivity contribution in [1.29, 1.82) is 0 Å². The lowest BCUT2D eigenvalue weighted by Gasteiger charge is -2.29. The second-order valence-corrected chi connectivity index (χ2v) is 5.42. The molecule has 0 aliphatic carbocycles. The number of hydrogen-bond donors (Lipinski definition) is 1. The maximum Gasteiger partial charge on any atom is 0.0622 e. The molecule has 1 heterocycles. The van der Waals surface area contributed by atoms with Crippen molar-refractivity contribution in [3.8, 4) is 0 Å². The lowest BCUT2D eigenvalue weighted by atomic mass is 10.1. The maximum atomic E-state index is 5.43. The molecule has 1 saturated heterocycles. The summed E-state index contributed by atoms with van der Waals surface area (Å²) >= 11 is 0. The minimum absolute atomic E-state index is 0.639. The van der Waals surface area contributed by atoms with Crippen molar-refractivity contribution in [3.05, 3.63) is 0 Å². The molecule has 1 aliphatic rings. The Hall–Kier alpha value is -0.120. The number of hydrogen-bond acceptors (Lipinski definition) is 3. The van der Waals surface area contributed by atoms with Gasteiger partial charge < -0.3 is 10.1 Å². The summed E-state index contributed by atoms with van der Waals surface area (Å²) in [5.74, 6) is 0.747. The molecule has 0 aromatic heterocycles. The van der Waals surface area contributed by atoms with Crippen LogP contribution < -0.4 is 5.32 Å².